The van der Waals surface area contributed by atoms with Gasteiger partial charge in [-0.05, 0) is 25.3 Å². The lowest BCUT2D eigenvalue weighted by atomic mass is 10.1. The van der Waals surface area contributed by atoms with E-state index in [1.54, 1.807) is 13.1 Å². The molecular weight excluding hydrogens is 246 g/mol. The zero-order valence-electron chi connectivity index (χ0n) is 11.2. The summed E-state index contributed by atoms with van der Waals surface area (Å²) < 4.78 is 1.31. The number of carbonyl (C=O) groups is 1. The first-order valence-electron chi connectivity index (χ1n) is 6.16. The number of carboxylic acid groups (broad SMARTS) is 1. The molecule has 2 aromatic heterocycles. The Kier molecular flexibility index (Phi) is 3.64. The molecule has 0 spiro atoms. The number of nitrogens with zero attached hydrogens (tertiary/aromatic N) is 4. The Labute approximate surface area is 110 Å². The first-order chi connectivity index (χ1) is 8.97. The Bertz CT molecular complexity index is 572. The molecule has 0 saturated carbocycles. The third-order valence-corrected chi connectivity index (χ3v) is 2.79. The zero-order chi connectivity index (χ0) is 14.0. The van der Waals surface area contributed by atoms with Crippen molar-refractivity contribution in [3.63, 3.8) is 0 Å². The fourth-order valence-corrected chi connectivity index (χ4v) is 1.73. The van der Waals surface area contributed by atoms with Crippen LogP contribution in [0.15, 0.2) is 12.3 Å². The van der Waals surface area contributed by atoms with Gasteiger partial charge in [0.25, 0.3) is 0 Å². The highest BCUT2D eigenvalue weighted by Gasteiger charge is 2.16. The van der Waals surface area contributed by atoms with E-state index in [1.165, 1.54) is 4.68 Å². The van der Waals surface area contributed by atoms with E-state index in [-0.39, 0.29) is 0 Å². The third-order valence-electron chi connectivity index (χ3n) is 2.79. The number of hydrogen-bond acceptors (Lipinski definition) is 4. The summed E-state index contributed by atoms with van der Waals surface area (Å²) in [5.74, 6) is -0.407. The van der Waals surface area contributed by atoms with Crippen LogP contribution in [0, 0.1) is 5.92 Å². The highest BCUT2D eigenvalue weighted by Crippen LogP contribution is 2.17. The molecule has 0 amide bonds. The monoisotopic (exact) mass is 263 g/mol. The summed E-state index contributed by atoms with van der Waals surface area (Å²) in [6, 6.07) is 1.18. The summed E-state index contributed by atoms with van der Waals surface area (Å²) in [4.78, 5) is 10.9. The molecule has 1 atom stereocenters. The van der Waals surface area contributed by atoms with Crippen LogP contribution in [0.5, 0.6) is 0 Å². The molecule has 0 radical (unpaired) electrons. The molecular formula is C12H17N5O2. The van der Waals surface area contributed by atoms with Gasteiger partial charge in [-0.2, -0.15) is 5.10 Å². The van der Waals surface area contributed by atoms with Crippen molar-refractivity contribution in [2.75, 3.05) is 0 Å². The molecule has 0 aromatic carbocycles. The molecule has 0 fully saturated rings. The van der Waals surface area contributed by atoms with E-state index in [4.69, 9.17) is 5.11 Å². The number of aromatic amines is 1. The number of rotatable bonds is 5. The first-order valence-corrected chi connectivity index (χ1v) is 6.16. The predicted molar refractivity (Wildman–Crippen MR) is 68.5 cm³/mol. The number of aliphatic carboxylic acids is 1. The van der Waals surface area contributed by atoms with Gasteiger partial charge in [0.1, 0.15) is 17.4 Å². The molecule has 2 heterocycles. The van der Waals surface area contributed by atoms with Crippen molar-refractivity contribution in [1.82, 2.24) is 25.2 Å². The number of carboxylic acids is 1. The van der Waals surface area contributed by atoms with E-state index in [0.717, 1.165) is 12.1 Å². The quantitative estimate of drug-likeness (QED) is 0.852. The Morgan fingerprint density at radius 3 is 2.79 bits per heavy atom. The van der Waals surface area contributed by atoms with Gasteiger partial charge in [0.15, 0.2) is 0 Å². The van der Waals surface area contributed by atoms with Crippen LogP contribution in [0.1, 0.15) is 32.5 Å². The molecule has 19 heavy (non-hydrogen) atoms. The van der Waals surface area contributed by atoms with E-state index in [0.29, 0.717) is 17.3 Å². The fourth-order valence-electron chi connectivity index (χ4n) is 1.73. The summed E-state index contributed by atoms with van der Waals surface area (Å²) in [5.41, 5.74) is 2.28. The largest absolute Gasteiger partial charge is 0.480 e. The van der Waals surface area contributed by atoms with Gasteiger partial charge in [0.05, 0.1) is 6.20 Å². The minimum absolute atomic E-state index is 0.538. The second-order valence-corrected chi connectivity index (χ2v) is 4.97. The fraction of sp³-hybridized carbons (Fsp3) is 0.500. The van der Waals surface area contributed by atoms with Crippen LogP contribution in [0.25, 0.3) is 11.4 Å². The van der Waals surface area contributed by atoms with E-state index in [2.05, 4.69) is 34.4 Å². The van der Waals surface area contributed by atoms with Crippen LogP contribution in [0.2, 0.25) is 0 Å². The minimum Gasteiger partial charge on any atom is -0.480 e. The number of aromatic nitrogens is 5. The van der Waals surface area contributed by atoms with E-state index < -0.39 is 12.0 Å². The average Bonchev–Trinajstić information content (AvgIpc) is 2.94. The van der Waals surface area contributed by atoms with Gasteiger partial charge in [0.2, 0.25) is 0 Å². The van der Waals surface area contributed by atoms with Gasteiger partial charge in [-0.25, -0.2) is 9.48 Å². The molecule has 1 unspecified atom stereocenters. The van der Waals surface area contributed by atoms with Crippen molar-refractivity contribution in [3.8, 4) is 11.4 Å². The lowest BCUT2D eigenvalue weighted by molar-refractivity contribution is -0.140. The summed E-state index contributed by atoms with van der Waals surface area (Å²) in [7, 11) is 0. The minimum atomic E-state index is -0.945. The molecule has 2 rings (SSSR count). The topological polar surface area (TPSA) is 96.7 Å². The van der Waals surface area contributed by atoms with E-state index >= 15 is 0 Å². The number of hydrogen-bond donors (Lipinski definition) is 2. The molecule has 7 nitrogen and oxygen atoms in total. The lowest BCUT2D eigenvalue weighted by Crippen LogP contribution is -2.15. The van der Waals surface area contributed by atoms with Crippen LogP contribution in [0.4, 0.5) is 0 Å². The maximum absolute atomic E-state index is 10.9. The molecule has 7 heteroatoms. The Morgan fingerprint density at radius 1 is 1.42 bits per heavy atom. The standard InChI is InChI=1S/C12H17N5O2/c1-7(2)4-9-5-10(14-13-9)11-6-17(16-15-11)8(3)12(18)19/h5-8H,4H2,1-3H3,(H,13,14)(H,18,19). The number of nitrogens with one attached hydrogen (secondary N) is 1. The van der Waals surface area contributed by atoms with Crippen molar-refractivity contribution >= 4 is 5.97 Å². The predicted octanol–water partition coefficient (Wildman–Crippen LogP) is 1.51. The zero-order valence-corrected chi connectivity index (χ0v) is 11.2. The first kappa shape index (κ1) is 13.3. The SMILES string of the molecule is CC(C)Cc1cc(-c2cn(C(C)C(=O)O)nn2)n[nH]1. The number of H-pyrrole nitrogens is 1. The van der Waals surface area contributed by atoms with E-state index in [9.17, 15) is 4.79 Å². The van der Waals surface area contributed by atoms with Gasteiger partial charge in [0, 0.05) is 5.69 Å². The molecule has 0 saturated heterocycles. The van der Waals surface area contributed by atoms with Crippen molar-refractivity contribution in [1.29, 1.82) is 0 Å². The summed E-state index contributed by atoms with van der Waals surface area (Å²) in [6.07, 6.45) is 2.50. The summed E-state index contributed by atoms with van der Waals surface area (Å²) >= 11 is 0. The molecule has 0 aliphatic rings. The van der Waals surface area contributed by atoms with Crippen molar-refractivity contribution in [2.45, 2.75) is 33.2 Å². The smallest absolute Gasteiger partial charge is 0.328 e. The van der Waals surface area contributed by atoms with Gasteiger partial charge < -0.3 is 5.11 Å². The Hall–Kier alpha value is -2.18. The van der Waals surface area contributed by atoms with Gasteiger partial charge in [-0.15, -0.1) is 5.10 Å². The molecule has 0 aliphatic heterocycles. The molecule has 0 bridgehead atoms. The van der Waals surface area contributed by atoms with Gasteiger partial charge >= 0.3 is 5.97 Å². The van der Waals surface area contributed by atoms with Gasteiger partial charge in [-0.1, -0.05) is 19.1 Å². The highest BCUT2D eigenvalue weighted by atomic mass is 16.4. The maximum Gasteiger partial charge on any atom is 0.328 e. The normalized spacial score (nSPS) is 12.8. The maximum atomic E-state index is 10.9. The van der Waals surface area contributed by atoms with Crippen LogP contribution >= 0.6 is 0 Å². The summed E-state index contributed by atoms with van der Waals surface area (Å²) in [5, 5.41) is 23.8. The van der Waals surface area contributed by atoms with Crippen LogP contribution in [0.3, 0.4) is 0 Å². The Balaban J connectivity index is 2.18. The molecule has 102 valence electrons. The molecule has 2 N–H and O–H groups in total. The molecule has 2 aromatic rings. The van der Waals surface area contributed by atoms with Crippen LogP contribution in [-0.2, 0) is 11.2 Å². The lowest BCUT2D eigenvalue weighted by Gasteiger charge is -2.03. The highest BCUT2D eigenvalue weighted by molar-refractivity contribution is 5.71. The average molecular weight is 263 g/mol. The second kappa shape index (κ2) is 5.21. The van der Waals surface area contributed by atoms with Crippen molar-refractivity contribution < 1.29 is 9.90 Å². The van der Waals surface area contributed by atoms with Crippen LogP contribution < -0.4 is 0 Å². The van der Waals surface area contributed by atoms with Gasteiger partial charge in [-0.3, -0.25) is 5.10 Å². The van der Waals surface area contributed by atoms with Crippen LogP contribution in [-0.4, -0.2) is 36.3 Å². The summed E-state index contributed by atoms with van der Waals surface area (Å²) in [6.45, 7) is 5.81. The van der Waals surface area contributed by atoms with Crippen molar-refractivity contribution in [2.24, 2.45) is 5.92 Å². The molecule has 0 aliphatic carbocycles. The third kappa shape index (κ3) is 2.98. The second-order valence-electron chi connectivity index (χ2n) is 4.97. The van der Waals surface area contributed by atoms with Crippen molar-refractivity contribution in [3.05, 3.63) is 18.0 Å². The Morgan fingerprint density at radius 2 is 2.16 bits per heavy atom. The van der Waals surface area contributed by atoms with E-state index in [1.807, 2.05) is 6.07 Å².